The van der Waals surface area contributed by atoms with E-state index in [0.29, 0.717) is 34.9 Å². The summed E-state index contributed by atoms with van der Waals surface area (Å²) in [5, 5.41) is 16.1. The van der Waals surface area contributed by atoms with Crippen molar-refractivity contribution in [2.24, 2.45) is 10.1 Å². The molecule has 0 bridgehead atoms. The van der Waals surface area contributed by atoms with Gasteiger partial charge in [-0.1, -0.05) is 11.6 Å². The third kappa shape index (κ3) is 3.55. The molecule has 0 spiro atoms. The highest BCUT2D eigenvalue weighted by atomic mass is 35.5. The van der Waals surface area contributed by atoms with Gasteiger partial charge in [0.15, 0.2) is 11.0 Å². The molecule has 30 heavy (non-hydrogen) atoms. The van der Waals surface area contributed by atoms with Crippen LogP contribution in [0.4, 0.5) is 0 Å². The molecule has 4 heterocycles. The fraction of sp³-hybridized carbons (Fsp3) is 0.200. The van der Waals surface area contributed by atoms with E-state index in [9.17, 15) is 4.79 Å². The number of thioether (sulfide) groups is 1. The van der Waals surface area contributed by atoms with Gasteiger partial charge in [-0.3, -0.25) is 10.2 Å². The number of aliphatic imine (C=N–C) groups is 1. The molecule has 1 saturated heterocycles. The van der Waals surface area contributed by atoms with Crippen LogP contribution in [-0.4, -0.2) is 58.3 Å². The van der Waals surface area contributed by atoms with Crippen molar-refractivity contribution < 1.29 is 13.9 Å². The Balaban J connectivity index is 1.40. The number of fused-ring (bicyclic) bond motifs is 1. The highest BCUT2D eigenvalue weighted by molar-refractivity contribution is 8.26. The first-order valence-electron chi connectivity index (χ1n) is 9.27. The smallest absolute Gasteiger partial charge is 0.283 e. The second kappa shape index (κ2) is 7.75. The largest absolute Gasteiger partial charge is 0.457 e. The molecule has 3 aliphatic rings. The molecule has 8 nitrogen and oxygen atoms in total. The minimum absolute atomic E-state index is 0.0230. The number of hydrazone groups is 1. The molecule has 0 unspecified atom stereocenters. The summed E-state index contributed by atoms with van der Waals surface area (Å²) in [5.41, 5.74) is 0.994. The van der Waals surface area contributed by atoms with Crippen LogP contribution in [0, 0.1) is 5.41 Å². The fourth-order valence-electron chi connectivity index (χ4n) is 3.21. The predicted octanol–water partition coefficient (Wildman–Crippen LogP) is 3.51. The lowest BCUT2D eigenvalue weighted by molar-refractivity contribution is -0.114. The van der Waals surface area contributed by atoms with Crippen LogP contribution in [0.2, 0.25) is 5.02 Å². The van der Waals surface area contributed by atoms with Crippen molar-refractivity contribution in [3.05, 3.63) is 52.8 Å². The van der Waals surface area contributed by atoms with Crippen molar-refractivity contribution in [3.8, 4) is 11.3 Å². The Morgan fingerprint density at radius 1 is 1.10 bits per heavy atom. The SMILES string of the molecule is N=C1/C(=C\c2ccc(-c3ccc(Cl)cc3)o2)C(=O)N=C2SC(N3CCOCC3)=NN12. The monoisotopic (exact) mass is 441 g/mol. The number of amides is 1. The Morgan fingerprint density at radius 2 is 1.87 bits per heavy atom. The van der Waals surface area contributed by atoms with Crippen LogP contribution < -0.4 is 0 Å². The number of rotatable bonds is 2. The Bertz CT molecular complexity index is 1120. The molecule has 0 saturated carbocycles. The Kier molecular flexibility index (Phi) is 4.93. The van der Waals surface area contributed by atoms with E-state index >= 15 is 0 Å². The van der Waals surface area contributed by atoms with E-state index in [0.717, 1.165) is 23.8 Å². The van der Waals surface area contributed by atoms with E-state index < -0.39 is 5.91 Å². The second-order valence-corrected chi connectivity index (χ2v) is 8.08. The van der Waals surface area contributed by atoms with Gasteiger partial charge in [0.2, 0.25) is 5.17 Å². The predicted molar refractivity (Wildman–Crippen MR) is 117 cm³/mol. The molecule has 2 aromatic rings. The maximum Gasteiger partial charge on any atom is 0.283 e. The van der Waals surface area contributed by atoms with Gasteiger partial charge < -0.3 is 14.1 Å². The van der Waals surface area contributed by atoms with E-state index in [4.69, 9.17) is 26.2 Å². The van der Waals surface area contributed by atoms with Crippen LogP contribution in [0.25, 0.3) is 17.4 Å². The lowest BCUT2D eigenvalue weighted by Gasteiger charge is -2.26. The Hall–Kier alpha value is -2.88. The molecule has 1 aromatic heterocycles. The maximum atomic E-state index is 12.6. The topological polar surface area (TPSA) is 94.5 Å². The number of halogens is 1. The van der Waals surface area contributed by atoms with Crippen molar-refractivity contribution in [1.29, 1.82) is 5.41 Å². The number of hydrogen-bond donors (Lipinski definition) is 1. The van der Waals surface area contributed by atoms with Gasteiger partial charge >= 0.3 is 0 Å². The summed E-state index contributed by atoms with van der Waals surface area (Å²) in [5.74, 6) is 0.588. The first kappa shape index (κ1) is 19.1. The molecule has 5 rings (SSSR count). The summed E-state index contributed by atoms with van der Waals surface area (Å²) < 4.78 is 11.2. The van der Waals surface area contributed by atoms with Gasteiger partial charge in [-0.15, -0.1) is 5.10 Å². The van der Waals surface area contributed by atoms with Crippen molar-refractivity contribution in [1.82, 2.24) is 9.91 Å². The van der Waals surface area contributed by atoms with Gasteiger partial charge in [0, 0.05) is 23.7 Å². The summed E-state index contributed by atoms with van der Waals surface area (Å²) in [4.78, 5) is 18.8. The standard InChI is InChI=1S/C20H16ClN5O3S/c21-13-3-1-12(2-4-13)16-6-5-14(29-16)11-15-17(22)26-19(23-18(15)27)30-20(24-26)25-7-9-28-10-8-25/h1-6,11,22H,7-10H2/b15-11+,22-17?. The minimum atomic E-state index is -0.485. The second-order valence-electron chi connectivity index (χ2n) is 6.71. The molecule has 0 radical (unpaired) electrons. The fourth-order valence-corrected chi connectivity index (χ4v) is 4.28. The van der Waals surface area contributed by atoms with Gasteiger partial charge in [0.25, 0.3) is 5.91 Å². The lowest BCUT2D eigenvalue weighted by atomic mass is 10.1. The summed E-state index contributed by atoms with van der Waals surface area (Å²) in [7, 11) is 0. The summed E-state index contributed by atoms with van der Waals surface area (Å²) in [6.45, 7) is 2.69. The van der Waals surface area contributed by atoms with Gasteiger partial charge in [-0.05, 0) is 54.2 Å². The molecule has 152 valence electrons. The average Bonchev–Trinajstić information content (AvgIpc) is 3.40. The van der Waals surface area contributed by atoms with Crippen LogP contribution >= 0.6 is 23.4 Å². The highest BCUT2D eigenvalue weighted by Gasteiger charge is 2.37. The number of benzene rings is 1. The van der Waals surface area contributed by atoms with Crippen molar-refractivity contribution in [2.45, 2.75) is 0 Å². The van der Waals surface area contributed by atoms with Crippen molar-refractivity contribution >= 4 is 51.5 Å². The van der Waals surface area contributed by atoms with E-state index in [1.54, 1.807) is 18.2 Å². The number of carbonyl (C=O) groups is 1. The van der Waals surface area contributed by atoms with Crippen LogP contribution in [-0.2, 0) is 9.53 Å². The number of amidine groups is 3. The van der Waals surface area contributed by atoms with Gasteiger partial charge in [-0.25, -0.2) is 0 Å². The zero-order valence-electron chi connectivity index (χ0n) is 15.7. The number of carbonyl (C=O) groups excluding carboxylic acids is 1. The van der Waals surface area contributed by atoms with Crippen LogP contribution in [0.3, 0.4) is 0 Å². The quantitative estimate of drug-likeness (QED) is 0.716. The summed E-state index contributed by atoms with van der Waals surface area (Å²) >= 11 is 7.22. The van der Waals surface area contributed by atoms with E-state index in [-0.39, 0.29) is 11.4 Å². The van der Waals surface area contributed by atoms with Gasteiger partial charge in [-0.2, -0.15) is 10.0 Å². The Labute approximate surface area is 181 Å². The van der Waals surface area contributed by atoms with E-state index in [1.165, 1.54) is 22.8 Å². The molecule has 1 N–H and O–H groups in total. The molecule has 1 aromatic carbocycles. The van der Waals surface area contributed by atoms with E-state index in [1.807, 2.05) is 18.2 Å². The third-order valence-electron chi connectivity index (χ3n) is 4.77. The highest BCUT2D eigenvalue weighted by Crippen LogP contribution is 2.31. The van der Waals surface area contributed by atoms with Crippen LogP contribution in [0.15, 0.2) is 56.5 Å². The van der Waals surface area contributed by atoms with Gasteiger partial charge in [0.1, 0.15) is 11.5 Å². The molecule has 3 aliphatic heterocycles. The van der Waals surface area contributed by atoms with Gasteiger partial charge in [0.05, 0.1) is 18.8 Å². The summed E-state index contributed by atoms with van der Waals surface area (Å²) in [6, 6.07) is 10.8. The van der Waals surface area contributed by atoms with Crippen LogP contribution in [0.1, 0.15) is 5.76 Å². The first-order chi connectivity index (χ1) is 14.6. The van der Waals surface area contributed by atoms with Crippen molar-refractivity contribution in [3.63, 3.8) is 0 Å². The number of hydrogen-bond acceptors (Lipinski definition) is 7. The molecule has 0 aliphatic carbocycles. The minimum Gasteiger partial charge on any atom is -0.457 e. The van der Waals surface area contributed by atoms with Crippen molar-refractivity contribution in [2.75, 3.05) is 26.3 Å². The molecule has 1 amide bonds. The number of nitrogens with one attached hydrogen (secondary N) is 1. The average molecular weight is 442 g/mol. The number of furan rings is 1. The summed E-state index contributed by atoms with van der Waals surface area (Å²) in [6.07, 6.45) is 1.53. The normalized spacial score (nSPS) is 20.5. The number of ether oxygens (including phenoxy) is 1. The van der Waals surface area contributed by atoms with Crippen LogP contribution in [0.5, 0.6) is 0 Å². The molecule has 1 fully saturated rings. The molecule has 0 atom stereocenters. The molecule has 10 heteroatoms. The zero-order chi connectivity index (χ0) is 20.7. The maximum absolute atomic E-state index is 12.6. The zero-order valence-corrected chi connectivity index (χ0v) is 17.2. The Morgan fingerprint density at radius 3 is 2.63 bits per heavy atom. The molecular formula is C20H16ClN5O3S. The number of nitrogens with zero attached hydrogens (tertiary/aromatic N) is 4. The first-order valence-corrected chi connectivity index (χ1v) is 10.5. The third-order valence-corrected chi connectivity index (χ3v) is 5.99. The lowest BCUT2D eigenvalue weighted by Crippen LogP contribution is -2.39. The number of morpholine rings is 1. The molecular weight excluding hydrogens is 426 g/mol. The van der Waals surface area contributed by atoms with E-state index in [2.05, 4.69) is 15.0 Å².